The van der Waals surface area contributed by atoms with Gasteiger partial charge in [0, 0.05) is 0 Å². The Kier molecular flexibility index (Phi) is 1.37. The number of rotatable bonds is 0. The van der Waals surface area contributed by atoms with Crippen LogP contribution in [0.4, 0.5) is 13.2 Å². The van der Waals surface area contributed by atoms with Gasteiger partial charge in [-0.1, -0.05) is 0 Å². The van der Waals surface area contributed by atoms with E-state index in [0.717, 1.165) is 0 Å². The maximum absolute atomic E-state index is 11.9. The van der Waals surface area contributed by atoms with Gasteiger partial charge < -0.3 is 0 Å². The molecule has 0 saturated heterocycles. The average Bonchev–Trinajstić information content (AvgIpc) is 1.59. The molecule has 0 radical (unpaired) electrons. The van der Waals surface area contributed by atoms with Gasteiger partial charge in [-0.3, -0.25) is 0 Å². The molecule has 1 rings (SSSR count). The summed E-state index contributed by atoms with van der Waals surface area (Å²) >= 11 is 0. The lowest BCUT2D eigenvalue weighted by Crippen LogP contribution is -1.80. The minimum Gasteiger partial charge on any atom is -0.175 e. The molecule has 1 aliphatic carbocycles. The maximum Gasteiger partial charge on any atom is 0.291 e. The van der Waals surface area contributed by atoms with Gasteiger partial charge in [0.25, 0.3) is 11.7 Å². The fraction of sp³-hybridized carbons (Fsp3) is 0. The Morgan fingerprint density at radius 3 is 2.22 bits per heavy atom. The Labute approximate surface area is 50.0 Å². The van der Waals surface area contributed by atoms with Crippen molar-refractivity contribution in [2.24, 2.45) is 0 Å². The van der Waals surface area contributed by atoms with Crippen LogP contribution in [-0.4, -0.2) is 0 Å². The molecule has 0 aromatic heterocycles. The molecule has 3 heteroatoms. The Morgan fingerprint density at radius 2 is 1.78 bits per heavy atom. The molecular formula is C6H2F3+. The zero-order valence-corrected chi connectivity index (χ0v) is 4.29. The lowest BCUT2D eigenvalue weighted by Gasteiger charge is -1.83. The predicted molar refractivity (Wildman–Crippen MR) is 26.2 cm³/mol. The van der Waals surface area contributed by atoms with Crippen molar-refractivity contribution in [3.63, 3.8) is 0 Å². The number of halogens is 3. The van der Waals surface area contributed by atoms with Crippen molar-refractivity contribution < 1.29 is 13.2 Å². The third-order valence-electron chi connectivity index (χ3n) is 0.768. The van der Waals surface area contributed by atoms with E-state index >= 15 is 0 Å². The molecule has 0 atom stereocenters. The molecule has 0 saturated carbocycles. The highest BCUT2D eigenvalue weighted by Crippen LogP contribution is 2.17. The second-order valence-electron chi connectivity index (χ2n) is 1.49. The highest BCUT2D eigenvalue weighted by atomic mass is 19.1. The first-order valence-electron chi connectivity index (χ1n) is 2.22. The largest absolute Gasteiger partial charge is 0.291 e. The summed E-state index contributed by atoms with van der Waals surface area (Å²) in [6.45, 7) is 0. The molecule has 0 bridgehead atoms. The molecule has 0 nitrogen and oxygen atoms in total. The third kappa shape index (κ3) is 1.40. The van der Waals surface area contributed by atoms with Crippen LogP contribution in [0.5, 0.6) is 0 Å². The molecule has 0 fully saturated rings. The van der Waals surface area contributed by atoms with Crippen LogP contribution in [0.2, 0.25) is 0 Å². The molecule has 0 amide bonds. The SMILES string of the molecule is FC1=[C+]C(F)=CC(F)=C1. The minimum atomic E-state index is -1.02. The lowest BCUT2D eigenvalue weighted by molar-refractivity contribution is 0.584. The summed E-state index contributed by atoms with van der Waals surface area (Å²) in [5.74, 6) is -2.97. The van der Waals surface area contributed by atoms with E-state index in [1.807, 2.05) is 0 Å². The number of hydrogen-bond acceptors (Lipinski definition) is 0. The fourth-order valence-electron chi connectivity index (χ4n) is 0.470. The number of hydrogen-bond donors (Lipinski definition) is 0. The summed E-state index contributed by atoms with van der Waals surface area (Å²) in [4.78, 5) is 0. The monoisotopic (exact) mass is 131 g/mol. The molecule has 0 heterocycles. The molecule has 0 spiro atoms. The normalized spacial score (nSPS) is 17.4. The quantitative estimate of drug-likeness (QED) is 0.442. The first-order chi connectivity index (χ1) is 4.18. The summed E-state index contributed by atoms with van der Waals surface area (Å²) in [6, 6.07) is 0. The van der Waals surface area contributed by atoms with Gasteiger partial charge in [-0.05, 0) is 0 Å². The predicted octanol–water partition coefficient (Wildman–Crippen LogP) is 2.36. The first kappa shape index (κ1) is 6.05. The van der Waals surface area contributed by atoms with Crippen LogP contribution >= 0.6 is 0 Å². The van der Waals surface area contributed by atoms with Gasteiger partial charge in [-0.25, -0.2) is 0 Å². The molecule has 9 heavy (non-hydrogen) atoms. The standard InChI is InChI=1S/C6H2F3/c7-4-1-5(8)3-6(9)2-4/h1-2H/q+1. The molecule has 0 aromatic carbocycles. The second-order valence-corrected chi connectivity index (χ2v) is 1.49. The molecule has 46 valence electrons. The van der Waals surface area contributed by atoms with Crippen LogP contribution in [0.25, 0.3) is 0 Å². The fourth-order valence-corrected chi connectivity index (χ4v) is 0.470. The van der Waals surface area contributed by atoms with Gasteiger partial charge >= 0.3 is 0 Å². The van der Waals surface area contributed by atoms with Crippen LogP contribution < -0.4 is 0 Å². The molecule has 0 aliphatic heterocycles. The van der Waals surface area contributed by atoms with E-state index in [9.17, 15) is 13.2 Å². The van der Waals surface area contributed by atoms with Crippen LogP contribution in [0.3, 0.4) is 0 Å². The van der Waals surface area contributed by atoms with E-state index in [-0.39, 0.29) is 0 Å². The summed E-state index contributed by atoms with van der Waals surface area (Å²) in [6.07, 6.45) is 2.75. The molecular weight excluding hydrogens is 129 g/mol. The Hall–Kier alpha value is -1.08. The van der Waals surface area contributed by atoms with Crippen molar-refractivity contribution in [1.29, 1.82) is 0 Å². The summed E-state index contributed by atoms with van der Waals surface area (Å²) in [7, 11) is 0. The van der Waals surface area contributed by atoms with Crippen LogP contribution in [0, 0.1) is 6.08 Å². The Morgan fingerprint density at radius 1 is 1.11 bits per heavy atom. The van der Waals surface area contributed by atoms with Crippen LogP contribution in [-0.2, 0) is 0 Å². The first-order valence-corrected chi connectivity index (χ1v) is 2.22. The van der Waals surface area contributed by atoms with Crippen molar-refractivity contribution in [2.75, 3.05) is 0 Å². The Balaban J connectivity index is 2.98. The molecule has 0 N–H and O–H groups in total. The van der Waals surface area contributed by atoms with Gasteiger partial charge in [-0.2, -0.15) is 13.2 Å². The van der Waals surface area contributed by atoms with Gasteiger partial charge in [0.1, 0.15) is 18.2 Å². The highest BCUT2D eigenvalue weighted by molar-refractivity contribution is 5.31. The van der Waals surface area contributed by atoms with E-state index in [2.05, 4.69) is 0 Å². The second kappa shape index (κ2) is 2.03. The summed E-state index contributed by atoms with van der Waals surface area (Å²) < 4.78 is 35.7. The summed E-state index contributed by atoms with van der Waals surface area (Å²) in [5, 5.41) is 0. The number of allylic oxidation sites excluding steroid dienone is 6. The van der Waals surface area contributed by atoms with E-state index in [0.29, 0.717) is 12.2 Å². The van der Waals surface area contributed by atoms with Gasteiger partial charge in [0.2, 0.25) is 5.83 Å². The third-order valence-corrected chi connectivity index (χ3v) is 0.768. The zero-order valence-electron chi connectivity index (χ0n) is 4.29. The zero-order chi connectivity index (χ0) is 6.85. The van der Waals surface area contributed by atoms with Crippen molar-refractivity contribution in [1.82, 2.24) is 0 Å². The van der Waals surface area contributed by atoms with Crippen molar-refractivity contribution in [3.05, 3.63) is 35.7 Å². The van der Waals surface area contributed by atoms with E-state index in [1.165, 1.54) is 0 Å². The molecule has 0 unspecified atom stereocenters. The van der Waals surface area contributed by atoms with Crippen molar-refractivity contribution >= 4 is 0 Å². The van der Waals surface area contributed by atoms with Crippen molar-refractivity contribution in [2.45, 2.75) is 0 Å². The average molecular weight is 131 g/mol. The maximum atomic E-state index is 11.9. The Bertz CT molecular complexity index is 164. The van der Waals surface area contributed by atoms with Gasteiger partial charge in [0.15, 0.2) is 0 Å². The van der Waals surface area contributed by atoms with E-state index < -0.39 is 17.5 Å². The molecule has 1 aliphatic rings. The van der Waals surface area contributed by atoms with Crippen LogP contribution in [0.1, 0.15) is 0 Å². The highest BCUT2D eigenvalue weighted by Gasteiger charge is 2.15. The van der Waals surface area contributed by atoms with Gasteiger partial charge in [-0.15, -0.1) is 0 Å². The van der Waals surface area contributed by atoms with Crippen LogP contribution in [0.15, 0.2) is 29.6 Å². The smallest absolute Gasteiger partial charge is 0.175 e. The molecule has 0 aromatic rings. The summed E-state index contributed by atoms with van der Waals surface area (Å²) in [5.41, 5.74) is 0. The van der Waals surface area contributed by atoms with Gasteiger partial charge in [0.05, 0.1) is 0 Å². The van der Waals surface area contributed by atoms with E-state index in [4.69, 9.17) is 0 Å². The van der Waals surface area contributed by atoms with Crippen molar-refractivity contribution in [3.8, 4) is 0 Å². The minimum absolute atomic E-state index is 0.559. The van der Waals surface area contributed by atoms with E-state index in [1.54, 1.807) is 6.08 Å². The topological polar surface area (TPSA) is 0 Å². The lowest BCUT2D eigenvalue weighted by atomic mass is 10.2.